The lowest BCUT2D eigenvalue weighted by Gasteiger charge is -2.09. The number of nitro groups is 1. The van der Waals surface area contributed by atoms with Crippen molar-refractivity contribution >= 4 is 38.9 Å². The van der Waals surface area contributed by atoms with Gasteiger partial charge in [0.15, 0.2) is 0 Å². The zero-order chi connectivity index (χ0) is 20.6. The Bertz CT molecular complexity index is 935. The number of rotatable bonds is 10. The van der Waals surface area contributed by atoms with E-state index in [1.165, 1.54) is 30.3 Å². The van der Waals surface area contributed by atoms with Crippen LogP contribution in [-0.2, 0) is 14.8 Å². The molecule has 0 saturated heterocycles. The van der Waals surface area contributed by atoms with Gasteiger partial charge in [0.05, 0.1) is 9.82 Å². The Morgan fingerprint density at radius 1 is 1.07 bits per heavy atom. The highest BCUT2D eigenvalue weighted by atomic mass is 35.5. The first-order valence-electron chi connectivity index (χ1n) is 8.28. The van der Waals surface area contributed by atoms with Crippen LogP contribution in [0.1, 0.15) is 6.42 Å². The summed E-state index contributed by atoms with van der Waals surface area (Å²) in [7, 11) is -3.72. The van der Waals surface area contributed by atoms with E-state index in [1.54, 1.807) is 18.2 Å². The lowest BCUT2D eigenvalue weighted by molar-refractivity contribution is -0.384. The van der Waals surface area contributed by atoms with Gasteiger partial charge < -0.3 is 10.6 Å². The molecule has 0 saturated carbocycles. The van der Waals surface area contributed by atoms with Crippen LogP contribution in [0.25, 0.3) is 0 Å². The summed E-state index contributed by atoms with van der Waals surface area (Å²) < 4.78 is 26.5. The number of carbonyl (C=O) groups excluding carboxylic acids is 1. The molecule has 2 aromatic carbocycles. The molecule has 0 bridgehead atoms. The maximum Gasteiger partial charge on any atom is 0.269 e. The molecule has 0 aliphatic rings. The molecule has 11 heteroatoms. The van der Waals surface area contributed by atoms with Gasteiger partial charge in [-0.25, -0.2) is 13.1 Å². The smallest absolute Gasteiger partial charge is 0.269 e. The molecule has 0 unspecified atom stereocenters. The van der Waals surface area contributed by atoms with Crippen LogP contribution in [0.5, 0.6) is 0 Å². The zero-order valence-corrected chi connectivity index (χ0v) is 16.3. The van der Waals surface area contributed by atoms with Gasteiger partial charge in [-0.3, -0.25) is 14.9 Å². The summed E-state index contributed by atoms with van der Waals surface area (Å²) in [6.07, 6.45) is -0.0165. The zero-order valence-electron chi connectivity index (χ0n) is 14.7. The van der Waals surface area contributed by atoms with Crippen molar-refractivity contribution in [2.45, 2.75) is 11.3 Å². The Labute approximate surface area is 167 Å². The van der Waals surface area contributed by atoms with Gasteiger partial charge >= 0.3 is 0 Å². The molecule has 28 heavy (non-hydrogen) atoms. The first-order valence-corrected chi connectivity index (χ1v) is 10.1. The predicted octanol–water partition coefficient (Wildman–Crippen LogP) is 2.14. The van der Waals surface area contributed by atoms with Crippen molar-refractivity contribution in [3.8, 4) is 0 Å². The third kappa shape index (κ3) is 6.80. The number of carbonyl (C=O) groups is 1. The molecule has 2 rings (SSSR count). The minimum absolute atomic E-state index is 0.000853. The van der Waals surface area contributed by atoms with Gasteiger partial charge in [0.25, 0.3) is 5.69 Å². The summed E-state index contributed by atoms with van der Waals surface area (Å²) in [4.78, 5) is 21.9. The van der Waals surface area contributed by atoms with Crippen LogP contribution in [0.4, 0.5) is 11.4 Å². The molecular weight excluding hydrogens is 408 g/mol. The van der Waals surface area contributed by atoms with Gasteiger partial charge in [0.1, 0.15) is 0 Å². The van der Waals surface area contributed by atoms with Crippen molar-refractivity contribution in [3.63, 3.8) is 0 Å². The van der Waals surface area contributed by atoms with E-state index in [1.807, 2.05) is 0 Å². The van der Waals surface area contributed by atoms with Gasteiger partial charge in [-0.05, 0) is 30.3 Å². The van der Waals surface area contributed by atoms with Gasteiger partial charge in [-0.1, -0.05) is 17.7 Å². The third-order valence-corrected chi connectivity index (χ3v) is 5.30. The van der Waals surface area contributed by atoms with Gasteiger partial charge in [0, 0.05) is 48.9 Å². The summed E-state index contributed by atoms with van der Waals surface area (Å²) in [6, 6.07) is 11.8. The third-order valence-electron chi connectivity index (χ3n) is 3.60. The van der Waals surface area contributed by atoms with Crippen molar-refractivity contribution in [2.75, 3.05) is 25.0 Å². The van der Waals surface area contributed by atoms with Crippen LogP contribution in [0.2, 0.25) is 5.02 Å². The van der Waals surface area contributed by atoms with Crippen LogP contribution < -0.4 is 15.4 Å². The van der Waals surface area contributed by atoms with E-state index >= 15 is 0 Å². The van der Waals surface area contributed by atoms with Crippen molar-refractivity contribution in [3.05, 3.63) is 63.7 Å². The van der Waals surface area contributed by atoms with E-state index < -0.39 is 14.9 Å². The Morgan fingerprint density at radius 2 is 1.79 bits per heavy atom. The summed E-state index contributed by atoms with van der Waals surface area (Å²) >= 11 is 5.78. The van der Waals surface area contributed by atoms with E-state index in [0.29, 0.717) is 23.8 Å². The maximum absolute atomic E-state index is 12.1. The molecule has 3 N–H and O–H groups in total. The van der Waals surface area contributed by atoms with E-state index in [0.717, 1.165) is 0 Å². The first kappa shape index (κ1) is 21.6. The lowest BCUT2D eigenvalue weighted by Crippen LogP contribution is -2.33. The van der Waals surface area contributed by atoms with Crippen molar-refractivity contribution < 1.29 is 18.1 Å². The summed E-state index contributed by atoms with van der Waals surface area (Å²) in [5.74, 6) is -0.306. The highest BCUT2D eigenvalue weighted by molar-refractivity contribution is 7.89. The van der Waals surface area contributed by atoms with Crippen LogP contribution in [0.3, 0.4) is 0 Å². The summed E-state index contributed by atoms with van der Waals surface area (Å²) in [6.45, 7) is 0.686. The molecule has 0 heterocycles. The average molecular weight is 427 g/mol. The number of nitrogens with one attached hydrogen (secondary N) is 3. The second kappa shape index (κ2) is 10.0. The second-order valence-corrected chi connectivity index (χ2v) is 7.89. The molecule has 0 atom stereocenters. The highest BCUT2D eigenvalue weighted by Crippen LogP contribution is 2.15. The molecule has 150 valence electrons. The van der Waals surface area contributed by atoms with Crippen LogP contribution in [0, 0.1) is 10.1 Å². The van der Waals surface area contributed by atoms with Crippen molar-refractivity contribution in [1.82, 2.24) is 10.0 Å². The largest absolute Gasteiger partial charge is 0.383 e. The van der Waals surface area contributed by atoms with Crippen LogP contribution in [0.15, 0.2) is 53.4 Å². The fraction of sp³-hybridized carbons (Fsp3) is 0.235. The van der Waals surface area contributed by atoms with Crippen molar-refractivity contribution in [1.29, 1.82) is 0 Å². The molecule has 0 aliphatic carbocycles. The fourth-order valence-electron chi connectivity index (χ4n) is 2.21. The molecule has 0 aromatic heterocycles. The van der Waals surface area contributed by atoms with E-state index in [9.17, 15) is 23.3 Å². The molecular formula is C17H19ClN4O5S. The number of sulfonamides is 1. The molecule has 0 fully saturated rings. The number of anilines is 1. The monoisotopic (exact) mass is 426 g/mol. The Kier molecular flexibility index (Phi) is 7.73. The number of hydrogen-bond acceptors (Lipinski definition) is 6. The number of halogens is 1. The molecule has 9 nitrogen and oxygen atoms in total. The number of benzene rings is 2. The normalized spacial score (nSPS) is 11.0. The lowest BCUT2D eigenvalue weighted by atomic mass is 10.3. The number of nitrogens with zero attached hydrogens (tertiary/aromatic N) is 1. The molecule has 0 aliphatic heterocycles. The van der Waals surface area contributed by atoms with E-state index in [2.05, 4.69) is 15.4 Å². The molecule has 2 aromatic rings. The standard InChI is InChI=1S/C17H19ClN4O5S/c18-13-2-1-3-16(12-13)28(26,27)21-9-8-17(23)20-11-10-19-14-4-6-15(7-5-14)22(24)25/h1-7,12,19,21H,8-11H2,(H,20,23). The Morgan fingerprint density at radius 3 is 2.43 bits per heavy atom. The summed E-state index contributed by atoms with van der Waals surface area (Å²) in [5.41, 5.74) is 0.688. The second-order valence-electron chi connectivity index (χ2n) is 5.69. The maximum atomic E-state index is 12.1. The SMILES string of the molecule is O=C(CCNS(=O)(=O)c1cccc(Cl)c1)NCCNc1ccc([N+](=O)[O-])cc1. The highest BCUT2D eigenvalue weighted by Gasteiger charge is 2.14. The fourth-order valence-corrected chi connectivity index (χ4v) is 3.55. The Hall–Kier alpha value is -2.69. The number of non-ortho nitro benzene ring substituents is 1. The summed E-state index contributed by atoms with van der Waals surface area (Å²) in [5, 5.41) is 16.6. The number of hydrogen-bond donors (Lipinski definition) is 3. The van der Waals surface area contributed by atoms with Crippen LogP contribution >= 0.6 is 11.6 Å². The minimum atomic E-state index is -3.72. The predicted molar refractivity (Wildman–Crippen MR) is 106 cm³/mol. The van der Waals surface area contributed by atoms with Crippen LogP contribution in [-0.4, -0.2) is 38.9 Å². The van der Waals surface area contributed by atoms with Gasteiger partial charge in [0.2, 0.25) is 15.9 Å². The topological polar surface area (TPSA) is 130 Å². The van der Waals surface area contributed by atoms with Gasteiger partial charge in [-0.2, -0.15) is 0 Å². The molecule has 1 amide bonds. The molecule has 0 spiro atoms. The number of amides is 1. The van der Waals surface area contributed by atoms with Crippen molar-refractivity contribution in [2.24, 2.45) is 0 Å². The minimum Gasteiger partial charge on any atom is -0.383 e. The van der Waals surface area contributed by atoms with E-state index in [-0.39, 0.29) is 29.5 Å². The van der Waals surface area contributed by atoms with E-state index in [4.69, 9.17) is 11.6 Å². The quantitative estimate of drug-likeness (QED) is 0.303. The first-order chi connectivity index (χ1) is 13.3. The molecule has 0 radical (unpaired) electrons. The average Bonchev–Trinajstić information content (AvgIpc) is 2.65. The number of nitro benzene ring substituents is 1. The Balaban J connectivity index is 1.66. The van der Waals surface area contributed by atoms with Gasteiger partial charge in [-0.15, -0.1) is 0 Å².